The maximum absolute atomic E-state index is 12.9. The van der Waals surface area contributed by atoms with Crippen molar-refractivity contribution in [2.45, 2.75) is 72.0 Å². The molecule has 0 N–H and O–H groups in total. The van der Waals surface area contributed by atoms with Crippen molar-refractivity contribution in [2.24, 2.45) is 5.41 Å². The van der Waals surface area contributed by atoms with E-state index in [1.807, 2.05) is 44.4 Å². The third kappa shape index (κ3) is 5.34. The van der Waals surface area contributed by atoms with Gasteiger partial charge in [0, 0.05) is 24.8 Å². The van der Waals surface area contributed by atoms with Gasteiger partial charge in [0.25, 0.3) is 0 Å². The van der Waals surface area contributed by atoms with E-state index in [0.717, 1.165) is 55.9 Å². The highest BCUT2D eigenvalue weighted by atomic mass is 79.9. The number of carbonyl (C=O) groups is 1. The molecule has 0 spiro atoms. The number of hydrogen-bond donors (Lipinski definition) is 0. The van der Waals surface area contributed by atoms with Crippen LogP contribution in [0.5, 0.6) is 0 Å². The quantitative estimate of drug-likeness (QED) is 0.369. The molecule has 1 atom stereocenters. The van der Waals surface area contributed by atoms with Crippen molar-refractivity contribution < 1.29 is 14.3 Å². The van der Waals surface area contributed by atoms with Crippen molar-refractivity contribution in [1.82, 2.24) is 14.6 Å². The van der Waals surface area contributed by atoms with Crippen molar-refractivity contribution in [1.29, 1.82) is 0 Å². The van der Waals surface area contributed by atoms with Crippen LogP contribution in [0.1, 0.15) is 70.7 Å². The molecule has 3 rings (SSSR count). The van der Waals surface area contributed by atoms with E-state index in [2.05, 4.69) is 39.4 Å². The Labute approximate surface area is 199 Å². The number of ether oxygens (including phenoxy) is 2. The summed E-state index contributed by atoms with van der Waals surface area (Å²) < 4.78 is 13.9. The van der Waals surface area contributed by atoms with Crippen molar-refractivity contribution in [3.63, 3.8) is 0 Å². The van der Waals surface area contributed by atoms with Gasteiger partial charge in [-0.05, 0) is 74.7 Å². The van der Waals surface area contributed by atoms with Crippen LogP contribution in [0.25, 0.3) is 5.65 Å². The van der Waals surface area contributed by atoms with Gasteiger partial charge in [-0.2, -0.15) is 9.61 Å². The van der Waals surface area contributed by atoms with Gasteiger partial charge in [0.1, 0.15) is 10.4 Å². The second-order valence-corrected chi connectivity index (χ2v) is 10.7. The normalized spacial score (nSPS) is 17.4. The molecule has 1 aliphatic rings. The van der Waals surface area contributed by atoms with Crippen LogP contribution < -0.4 is 4.90 Å². The summed E-state index contributed by atoms with van der Waals surface area (Å²) in [6.07, 6.45) is 5.36. The van der Waals surface area contributed by atoms with Crippen molar-refractivity contribution in [3.8, 4) is 0 Å². The molecule has 0 aromatic carbocycles. The van der Waals surface area contributed by atoms with Crippen molar-refractivity contribution >= 4 is 33.4 Å². The number of piperidine rings is 1. The molecule has 7 nitrogen and oxygen atoms in total. The maximum Gasteiger partial charge on any atom is 0.339 e. The minimum Gasteiger partial charge on any atom is -0.467 e. The molecule has 0 saturated carbocycles. The molecule has 3 heterocycles. The molecule has 0 aliphatic carbocycles. The molecular formula is C24H35BrN4O3. The number of aryl methyl sites for hydroxylation is 1. The molecule has 176 valence electrons. The molecule has 0 amide bonds. The fraction of sp³-hybridized carbons (Fsp3) is 0.625. The van der Waals surface area contributed by atoms with Crippen LogP contribution in [0.3, 0.4) is 0 Å². The summed E-state index contributed by atoms with van der Waals surface area (Å²) in [5, 5.41) is 4.65. The minimum absolute atomic E-state index is 0.278. The van der Waals surface area contributed by atoms with Crippen LogP contribution in [-0.2, 0) is 14.3 Å². The predicted octanol–water partition coefficient (Wildman–Crippen LogP) is 5.40. The SMILES string of the molecule is C=CCCC1(C)CCN(c2c(C(OC(C)(C)C)C(=O)OC)c(C)nc3cc(Br)nn23)CC1. The van der Waals surface area contributed by atoms with E-state index in [9.17, 15) is 4.79 Å². The standard InChI is InChI=1S/C24H35BrN4O3/c1-8-9-10-24(6)11-13-28(14-12-24)21-19(20(22(30)31-7)32-23(3,4)5)16(2)26-18-15-17(25)27-29(18)21/h8,15,20H,1,9-14H2,2-7H3. The number of halogens is 1. The van der Waals surface area contributed by atoms with Gasteiger partial charge in [-0.15, -0.1) is 6.58 Å². The van der Waals surface area contributed by atoms with Gasteiger partial charge in [-0.25, -0.2) is 9.78 Å². The summed E-state index contributed by atoms with van der Waals surface area (Å²) in [6, 6.07) is 1.89. The molecule has 8 heteroatoms. The number of methoxy groups -OCH3 is 1. The second kappa shape index (κ2) is 9.51. The number of esters is 1. The van der Waals surface area contributed by atoms with E-state index < -0.39 is 17.7 Å². The number of allylic oxidation sites excluding steroid dienone is 1. The Balaban J connectivity index is 2.11. The van der Waals surface area contributed by atoms with Crippen LogP contribution in [0, 0.1) is 12.3 Å². The summed E-state index contributed by atoms with van der Waals surface area (Å²) in [4.78, 5) is 19.9. The highest BCUT2D eigenvalue weighted by Crippen LogP contribution is 2.41. The Hall–Kier alpha value is -1.93. The van der Waals surface area contributed by atoms with Crippen LogP contribution in [0.2, 0.25) is 0 Å². The summed E-state index contributed by atoms with van der Waals surface area (Å²) in [5.41, 5.74) is 1.91. The monoisotopic (exact) mass is 506 g/mol. The van der Waals surface area contributed by atoms with E-state index in [-0.39, 0.29) is 5.41 Å². The first-order valence-corrected chi connectivity index (χ1v) is 11.9. The first-order chi connectivity index (χ1) is 15.0. The Kier molecular flexibility index (Phi) is 7.34. The molecular weight excluding hydrogens is 472 g/mol. The Morgan fingerprint density at radius 1 is 1.38 bits per heavy atom. The number of nitrogens with zero attached hydrogens (tertiary/aromatic N) is 4. The fourth-order valence-electron chi connectivity index (χ4n) is 4.34. The topological polar surface area (TPSA) is 69.0 Å². The predicted molar refractivity (Wildman–Crippen MR) is 130 cm³/mol. The molecule has 2 aromatic rings. The van der Waals surface area contributed by atoms with Crippen LogP contribution in [-0.4, -0.2) is 46.4 Å². The van der Waals surface area contributed by atoms with E-state index in [1.54, 1.807) is 0 Å². The molecule has 0 radical (unpaired) electrons. The summed E-state index contributed by atoms with van der Waals surface area (Å²) >= 11 is 3.48. The third-order valence-corrected chi connectivity index (χ3v) is 6.53. The molecule has 1 unspecified atom stereocenters. The van der Waals surface area contributed by atoms with Gasteiger partial charge in [-0.3, -0.25) is 0 Å². The Bertz CT molecular complexity index is 987. The van der Waals surface area contributed by atoms with E-state index in [0.29, 0.717) is 10.2 Å². The lowest BCUT2D eigenvalue weighted by atomic mass is 9.76. The number of rotatable bonds is 7. The molecule has 1 aliphatic heterocycles. The van der Waals surface area contributed by atoms with Crippen LogP contribution in [0.15, 0.2) is 23.3 Å². The minimum atomic E-state index is -0.899. The van der Waals surface area contributed by atoms with Crippen LogP contribution >= 0.6 is 15.9 Å². The van der Waals surface area contributed by atoms with Gasteiger partial charge in [-0.1, -0.05) is 13.0 Å². The lowest BCUT2D eigenvalue weighted by Gasteiger charge is -2.41. The lowest BCUT2D eigenvalue weighted by Crippen LogP contribution is -2.41. The van der Waals surface area contributed by atoms with E-state index >= 15 is 0 Å². The zero-order valence-corrected chi connectivity index (χ0v) is 21.7. The molecule has 1 fully saturated rings. The Morgan fingerprint density at radius 2 is 2.03 bits per heavy atom. The van der Waals surface area contributed by atoms with Gasteiger partial charge < -0.3 is 14.4 Å². The lowest BCUT2D eigenvalue weighted by molar-refractivity contribution is -0.164. The van der Waals surface area contributed by atoms with Crippen LogP contribution in [0.4, 0.5) is 5.82 Å². The zero-order valence-electron chi connectivity index (χ0n) is 20.1. The average molecular weight is 507 g/mol. The van der Waals surface area contributed by atoms with Crippen molar-refractivity contribution in [3.05, 3.63) is 34.6 Å². The first-order valence-electron chi connectivity index (χ1n) is 11.2. The molecule has 1 saturated heterocycles. The van der Waals surface area contributed by atoms with E-state index in [1.165, 1.54) is 7.11 Å². The number of carbonyl (C=O) groups excluding carboxylic acids is 1. The van der Waals surface area contributed by atoms with E-state index in [4.69, 9.17) is 14.5 Å². The average Bonchev–Trinajstić information content (AvgIpc) is 3.09. The molecule has 2 aromatic heterocycles. The second-order valence-electron chi connectivity index (χ2n) is 9.93. The number of aromatic nitrogens is 3. The maximum atomic E-state index is 12.9. The molecule has 0 bridgehead atoms. The summed E-state index contributed by atoms with van der Waals surface area (Å²) in [6.45, 7) is 15.7. The zero-order chi connectivity index (χ0) is 23.7. The number of anilines is 1. The largest absolute Gasteiger partial charge is 0.467 e. The van der Waals surface area contributed by atoms with Gasteiger partial charge in [0.15, 0.2) is 11.8 Å². The van der Waals surface area contributed by atoms with Gasteiger partial charge in [0.2, 0.25) is 0 Å². The highest BCUT2D eigenvalue weighted by molar-refractivity contribution is 9.10. The first kappa shape index (κ1) is 24.7. The fourth-order valence-corrected chi connectivity index (χ4v) is 4.71. The summed E-state index contributed by atoms with van der Waals surface area (Å²) in [7, 11) is 1.39. The smallest absolute Gasteiger partial charge is 0.339 e. The third-order valence-electron chi connectivity index (χ3n) is 6.15. The van der Waals surface area contributed by atoms with Gasteiger partial charge >= 0.3 is 5.97 Å². The Morgan fingerprint density at radius 3 is 2.59 bits per heavy atom. The summed E-state index contributed by atoms with van der Waals surface area (Å²) in [5.74, 6) is 0.410. The number of hydrogen-bond acceptors (Lipinski definition) is 6. The number of fused-ring (bicyclic) bond motifs is 1. The molecule has 32 heavy (non-hydrogen) atoms. The van der Waals surface area contributed by atoms with Gasteiger partial charge in [0.05, 0.1) is 18.3 Å². The van der Waals surface area contributed by atoms with Crippen molar-refractivity contribution in [2.75, 3.05) is 25.1 Å². The highest BCUT2D eigenvalue weighted by Gasteiger charge is 2.37.